The summed E-state index contributed by atoms with van der Waals surface area (Å²) in [6.45, 7) is 9.51. The summed E-state index contributed by atoms with van der Waals surface area (Å²) < 4.78 is 10.3. The van der Waals surface area contributed by atoms with Crippen molar-refractivity contribution in [2.75, 3.05) is 14.2 Å². The first kappa shape index (κ1) is 20.2. The molecule has 0 aliphatic heterocycles. The van der Waals surface area contributed by atoms with Crippen LogP contribution in [0.25, 0.3) is 0 Å². The monoisotopic (exact) mass is 335 g/mol. The lowest BCUT2D eigenvalue weighted by Crippen LogP contribution is -2.48. The molecule has 0 aromatic heterocycles. The highest BCUT2D eigenvalue weighted by Gasteiger charge is 2.34. The van der Waals surface area contributed by atoms with Crippen LogP contribution in [0.3, 0.4) is 0 Å². The third-order valence-corrected chi connectivity index (χ3v) is 4.10. The molecule has 0 heterocycles. The highest BCUT2D eigenvalue weighted by Crippen LogP contribution is 2.26. The van der Waals surface area contributed by atoms with Gasteiger partial charge in [-0.2, -0.15) is 0 Å². The van der Waals surface area contributed by atoms with Gasteiger partial charge in [0.1, 0.15) is 6.04 Å². The number of benzene rings is 1. The van der Waals surface area contributed by atoms with E-state index in [9.17, 15) is 9.59 Å². The van der Waals surface area contributed by atoms with Crippen LogP contribution in [0.2, 0.25) is 0 Å². The zero-order chi connectivity index (χ0) is 18.5. The van der Waals surface area contributed by atoms with Crippen LogP contribution < -0.4 is 0 Å². The molecule has 134 valence electrons. The third-order valence-electron chi connectivity index (χ3n) is 4.10. The average Bonchev–Trinajstić information content (AvgIpc) is 2.56. The van der Waals surface area contributed by atoms with Crippen LogP contribution in [0.15, 0.2) is 24.3 Å². The van der Waals surface area contributed by atoms with Crippen LogP contribution >= 0.6 is 0 Å². The van der Waals surface area contributed by atoms with Crippen LogP contribution in [-0.4, -0.2) is 37.0 Å². The van der Waals surface area contributed by atoms with Crippen molar-refractivity contribution in [3.8, 4) is 0 Å². The number of ether oxygens (including phenoxy) is 2. The fraction of sp³-hybridized carbons (Fsp3) is 0.579. The van der Waals surface area contributed by atoms with E-state index in [2.05, 4.69) is 0 Å². The molecule has 0 aliphatic carbocycles. The lowest BCUT2D eigenvalue weighted by Gasteiger charge is -2.33. The number of methoxy groups -OCH3 is 2. The molecule has 5 nitrogen and oxygen atoms in total. The molecule has 1 aromatic rings. The van der Waals surface area contributed by atoms with Crippen molar-refractivity contribution in [3.63, 3.8) is 0 Å². The quantitative estimate of drug-likeness (QED) is 0.748. The molecular formula is C19H29NO4. The molecule has 0 saturated carbocycles. The van der Waals surface area contributed by atoms with E-state index in [1.807, 2.05) is 52.0 Å². The van der Waals surface area contributed by atoms with Gasteiger partial charge in [0, 0.05) is 19.1 Å². The summed E-state index contributed by atoms with van der Waals surface area (Å²) in [7, 11) is 2.98. The van der Waals surface area contributed by atoms with E-state index in [-0.39, 0.29) is 12.0 Å². The Balaban J connectivity index is 3.23. The number of hydrogen-bond acceptors (Lipinski definition) is 4. The zero-order valence-electron chi connectivity index (χ0n) is 15.8. The van der Waals surface area contributed by atoms with Crippen molar-refractivity contribution in [1.29, 1.82) is 0 Å². The predicted octanol–water partition coefficient (Wildman–Crippen LogP) is 3.33. The molecule has 2 atom stereocenters. The lowest BCUT2D eigenvalue weighted by molar-refractivity contribution is -0.156. The van der Waals surface area contributed by atoms with E-state index in [1.54, 1.807) is 18.9 Å². The van der Waals surface area contributed by atoms with Gasteiger partial charge in [-0.1, -0.05) is 45.0 Å². The Morgan fingerprint density at radius 1 is 1.12 bits per heavy atom. The van der Waals surface area contributed by atoms with Gasteiger partial charge < -0.3 is 14.4 Å². The van der Waals surface area contributed by atoms with Crippen molar-refractivity contribution in [1.82, 2.24) is 4.90 Å². The van der Waals surface area contributed by atoms with Crippen molar-refractivity contribution in [2.45, 2.75) is 53.3 Å². The summed E-state index contributed by atoms with van der Waals surface area (Å²) in [6, 6.07) is 7.13. The number of carbonyl (C=O) groups is 2. The molecule has 0 aliphatic rings. The van der Waals surface area contributed by atoms with Gasteiger partial charge in [0.05, 0.1) is 13.2 Å². The van der Waals surface area contributed by atoms with E-state index in [1.165, 1.54) is 7.11 Å². The van der Waals surface area contributed by atoms with Crippen molar-refractivity contribution < 1.29 is 19.1 Å². The summed E-state index contributed by atoms with van der Waals surface area (Å²) in [5.74, 6) is -0.523. The molecule has 1 aromatic carbocycles. The second-order valence-electron chi connectivity index (χ2n) is 6.96. The largest absolute Gasteiger partial charge is 0.467 e. The minimum absolute atomic E-state index is 0.0961. The molecule has 0 fully saturated rings. The van der Waals surface area contributed by atoms with Gasteiger partial charge in [0.15, 0.2) is 0 Å². The van der Waals surface area contributed by atoms with E-state index >= 15 is 0 Å². The molecule has 24 heavy (non-hydrogen) atoms. The van der Waals surface area contributed by atoms with Crippen LogP contribution in [0.5, 0.6) is 0 Å². The number of esters is 1. The molecule has 0 radical (unpaired) electrons. The highest BCUT2D eigenvalue weighted by atomic mass is 16.5. The Labute approximate surface area is 144 Å². The SMILES string of the molecule is COC(=O)[C@H](C)N(Cc1ccccc1C(C)OC)C(=O)C(C)(C)C. The maximum atomic E-state index is 12.9. The molecule has 5 heteroatoms. The van der Waals surface area contributed by atoms with Gasteiger partial charge in [0.2, 0.25) is 5.91 Å². The van der Waals surface area contributed by atoms with E-state index in [0.29, 0.717) is 6.54 Å². The van der Waals surface area contributed by atoms with Gasteiger partial charge >= 0.3 is 5.97 Å². The van der Waals surface area contributed by atoms with Crippen LogP contribution in [0, 0.1) is 5.41 Å². The first-order chi connectivity index (χ1) is 11.1. The number of carbonyl (C=O) groups excluding carboxylic acids is 2. The van der Waals surface area contributed by atoms with Crippen LogP contribution in [0.1, 0.15) is 51.8 Å². The normalized spacial score (nSPS) is 14.0. The maximum absolute atomic E-state index is 12.9. The number of nitrogens with zero attached hydrogens (tertiary/aromatic N) is 1. The summed E-state index contributed by atoms with van der Waals surface area (Å²) in [5.41, 5.74) is 1.37. The van der Waals surface area contributed by atoms with E-state index in [0.717, 1.165) is 11.1 Å². The average molecular weight is 335 g/mol. The molecule has 0 saturated heterocycles. The number of hydrogen-bond donors (Lipinski definition) is 0. The fourth-order valence-electron chi connectivity index (χ4n) is 2.50. The molecule has 0 bridgehead atoms. The van der Waals surface area contributed by atoms with E-state index < -0.39 is 17.4 Å². The molecular weight excluding hydrogens is 306 g/mol. The van der Waals surface area contributed by atoms with Gasteiger partial charge in [0.25, 0.3) is 0 Å². The van der Waals surface area contributed by atoms with Crippen molar-refractivity contribution >= 4 is 11.9 Å². The van der Waals surface area contributed by atoms with Crippen LogP contribution in [-0.2, 0) is 25.6 Å². The first-order valence-electron chi connectivity index (χ1n) is 8.13. The van der Waals surface area contributed by atoms with Crippen LogP contribution in [0.4, 0.5) is 0 Å². The maximum Gasteiger partial charge on any atom is 0.328 e. The summed E-state index contributed by atoms with van der Waals surface area (Å²) in [6.07, 6.45) is -0.0961. The fourth-order valence-corrected chi connectivity index (χ4v) is 2.50. The van der Waals surface area contributed by atoms with Crippen molar-refractivity contribution in [3.05, 3.63) is 35.4 Å². The standard InChI is InChI=1S/C19H29NO4/c1-13(17(21)24-7)20(18(22)19(3,4)5)12-15-10-8-9-11-16(15)14(2)23-6/h8-11,13-14H,12H2,1-7H3/t13-,14?/m0/s1. The Morgan fingerprint density at radius 3 is 2.21 bits per heavy atom. The topological polar surface area (TPSA) is 55.8 Å². The molecule has 1 unspecified atom stereocenters. The minimum atomic E-state index is -0.660. The smallest absolute Gasteiger partial charge is 0.328 e. The number of rotatable bonds is 6. The molecule has 0 N–H and O–H groups in total. The predicted molar refractivity (Wildman–Crippen MR) is 93.3 cm³/mol. The third kappa shape index (κ3) is 4.81. The van der Waals surface area contributed by atoms with Gasteiger partial charge in [-0.15, -0.1) is 0 Å². The van der Waals surface area contributed by atoms with Gasteiger partial charge in [-0.25, -0.2) is 4.79 Å². The van der Waals surface area contributed by atoms with Gasteiger partial charge in [-0.3, -0.25) is 4.79 Å². The Kier molecular flexibility index (Phi) is 6.96. The Morgan fingerprint density at radius 2 is 1.71 bits per heavy atom. The molecule has 1 rings (SSSR count). The summed E-state index contributed by atoms with van der Waals surface area (Å²) in [4.78, 5) is 26.5. The Bertz CT molecular complexity index is 577. The highest BCUT2D eigenvalue weighted by molar-refractivity contribution is 5.87. The molecule has 0 spiro atoms. The second kappa shape index (κ2) is 8.29. The number of amides is 1. The first-order valence-corrected chi connectivity index (χ1v) is 8.13. The Hall–Kier alpha value is -1.88. The molecule has 1 amide bonds. The minimum Gasteiger partial charge on any atom is -0.467 e. The summed E-state index contributed by atoms with van der Waals surface area (Å²) in [5, 5.41) is 0. The van der Waals surface area contributed by atoms with Gasteiger partial charge in [-0.05, 0) is 25.0 Å². The van der Waals surface area contributed by atoms with E-state index in [4.69, 9.17) is 9.47 Å². The summed E-state index contributed by atoms with van der Waals surface area (Å²) >= 11 is 0. The lowest BCUT2D eigenvalue weighted by atomic mass is 9.93. The zero-order valence-corrected chi connectivity index (χ0v) is 15.8. The second-order valence-corrected chi connectivity index (χ2v) is 6.96. The van der Waals surface area contributed by atoms with Crippen molar-refractivity contribution in [2.24, 2.45) is 5.41 Å².